The number of tetrazole rings is 1. The number of aryl methyl sites for hydroxylation is 1. The Hall–Kier alpha value is -1.97. The normalized spacial score (nSPS) is 11.1. The molecule has 9 nitrogen and oxygen atoms in total. The molecule has 0 saturated heterocycles. The van der Waals surface area contributed by atoms with E-state index in [0.717, 1.165) is 11.8 Å². The summed E-state index contributed by atoms with van der Waals surface area (Å²) in [6.45, 7) is 3.86. The Morgan fingerprint density at radius 2 is 2.22 bits per heavy atom. The van der Waals surface area contributed by atoms with Gasteiger partial charge in [0.2, 0.25) is 11.5 Å². The van der Waals surface area contributed by atoms with E-state index in [1.165, 1.54) is 6.33 Å². The SMILES string of the molecule is CC(C)n1nnnc1Sc1c([N+](=O)[O-])ncn1C. The summed E-state index contributed by atoms with van der Waals surface area (Å²) < 4.78 is 3.17. The molecule has 2 aromatic heterocycles. The topological polar surface area (TPSA) is 105 Å². The lowest BCUT2D eigenvalue weighted by Crippen LogP contribution is -2.05. The van der Waals surface area contributed by atoms with Gasteiger partial charge in [0.05, 0.1) is 6.04 Å². The molecule has 0 spiro atoms. The van der Waals surface area contributed by atoms with E-state index in [1.807, 2.05) is 13.8 Å². The molecule has 0 unspecified atom stereocenters. The molecular formula is C8H11N7O2S. The minimum Gasteiger partial charge on any atom is -0.358 e. The van der Waals surface area contributed by atoms with Crippen molar-refractivity contribution in [2.45, 2.75) is 30.1 Å². The molecule has 2 heterocycles. The van der Waals surface area contributed by atoms with Crippen molar-refractivity contribution in [1.29, 1.82) is 0 Å². The van der Waals surface area contributed by atoms with Crippen molar-refractivity contribution in [3.05, 3.63) is 16.4 Å². The second kappa shape index (κ2) is 4.72. The van der Waals surface area contributed by atoms with Crippen LogP contribution in [0.15, 0.2) is 16.5 Å². The fraction of sp³-hybridized carbons (Fsp3) is 0.500. The Bertz CT molecular complexity index is 576. The van der Waals surface area contributed by atoms with Gasteiger partial charge in [-0.3, -0.25) is 0 Å². The highest BCUT2D eigenvalue weighted by Crippen LogP contribution is 2.32. The van der Waals surface area contributed by atoms with Gasteiger partial charge in [-0.05, 0) is 45.9 Å². The molecule has 0 bridgehead atoms. The summed E-state index contributed by atoms with van der Waals surface area (Å²) in [7, 11) is 1.69. The maximum Gasteiger partial charge on any atom is 0.396 e. The van der Waals surface area contributed by atoms with Crippen molar-refractivity contribution in [3.8, 4) is 0 Å². The molecular weight excluding hydrogens is 258 g/mol. The smallest absolute Gasteiger partial charge is 0.358 e. The van der Waals surface area contributed by atoms with E-state index in [2.05, 4.69) is 20.5 Å². The van der Waals surface area contributed by atoms with Crippen molar-refractivity contribution < 1.29 is 4.92 Å². The van der Waals surface area contributed by atoms with Crippen molar-refractivity contribution in [3.63, 3.8) is 0 Å². The molecule has 2 aromatic rings. The number of hydrogen-bond donors (Lipinski definition) is 0. The zero-order valence-corrected chi connectivity index (χ0v) is 10.8. The molecule has 0 atom stereocenters. The van der Waals surface area contributed by atoms with Crippen LogP contribution in [0, 0.1) is 10.1 Å². The molecule has 96 valence electrons. The van der Waals surface area contributed by atoms with Gasteiger partial charge in [0, 0.05) is 7.05 Å². The van der Waals surface area contributed by atoms with Crippen molar-refractivity contribution in [2.24, 2.45) is 7.05 Å². The molecule has 18 heavy (non-hydrogen) atoms. The van der Waals surface area contributed by atoms with Crippen LogP contribution in [0.25, 0.3) is 0 Å². The molecule has 0 saturated carbocycles. The van der Waals surface area contributed by atoms with Crippen LogP contribution in [-0.4, -0.2) is 34.7 Å². The molecule has 10 heteroatoms. The average Bonchev–Trinajstić information content (AvgIpc) is 2.87. The lowest BCUT2D eigenvalue weighted by Gasteiger charge is -2.06. The standard InChI is InChI=1S/C8H11N7O2S/c1-5(2)14-8(10-11-12-14)18-7-6(15(16)17)9-4-13(7)3/h4-5H,1-3H3. The van der Waals surface area contributed by atoms with Crippen molar-refractivity contribution in [1.82, 2.24) is 29.8 Å². The van der Waals surface area contributed by atoms with Crippen LogP contribution in [0.5, 0.6) is 0 Å². The summed E-state index contributed by atoms with van der Waals surface area (Å²) in [4.78, 5) is 14.1. The third kappa shape index (κ3) is 2.18. The average molecular weight is 269 g/mol. The first-order chi connectivity index (χ1) is 8.50. The van der Waals surface area contributed by atoms with Crippen LogP contribution in [0.2, 0.25) is 0 Å². The molecule has 0 aliphatic carbocycles. The van der Waals surface area contributed by atoms with E-state index in [9.17, 15) is 10.1 Å². The number of aromatic nitrogens is 6. The Balaban J connectivity index is 2.37. The summed E-state index contributed by atoms with van der Waals surface area (Å²) in [6.07, 6.45) is 1.39. The maximum atomic E-state index is 10.8. The van der Waals surface area contributed by atoms with Gasteiger partial charge in [-0.25, -0.2) is 4.68 Å². The number of nitrogens with zero attached hydrogens (tertiary/aromatic N) is 7. The Morgan fingerprint density at radius 1 is 1.50 bits per heavy atom. The second-order valence-electron chi connectivity index (χ2n) is 3.84. The molecule has 0 aliphatic heterocycles. The Kier molecular flexibility index (Phi) is 3.28. The molecule has 2 rings (SSSR count). The van der Waals surface area contributed by atoms with Gasteiger partial charge in [-0.2, -0.15) is 0 Å². The summed E-state index contributed by atoms with van der Waals surface area (Å²) in [6, 6.07) is 0.0785. The zero-order valence-electron chi connectivity index (χ0n) is 10.0. The molecule has 0 aromatic carbocycles. The number of hydrogen-bond acceptors (Lipinski definition) is 7. The highest BCUT2D eigenvalue weighted by molar-refractivity contribution is 7.99. The maximum absolute atomic E-state index is 10.8. The highest BCUT2D eigenvalue weighted by atomic mass is 32.2. The second-order valence-corrected chi connectivity index (χ2v) is 4.80. The monoisotopic (exact) mass is 269 g/mol. The molecule has 0 N–H and O–H groups in total. The minimum atomic E-state index is -0.522. The summed E-state index contributed by atoms with van der Waals surface area (Å²) >= 11 is 1.12. The molecule has 0 aliphatic rings. The Labute approximate surface area is 106 Å². The van der Waals surface area contributed by atoms with E-state index < -0.39 is 4.92 Å². The van der Waals surface area contributed by atoms with Gasteiger partial charge >= 0.3 is 5.82 Å². The largest absolute Gasteiger partial charge is 0.396 e. The minimum absolute atomic E-state index is 0.0785. The predicted molar refractivity (Wildman–Crippen MR) is 62.2 cm³/mol. The first kappa shape index (κ1) is 12.5. The van der Waals surface area contributed by atoms with Crippen LogP contribution in [0.4, 0.5) is 5.82 Å². The van der Waals surface area contributed by atoms with Crippen LogP contribution in [0.3, 0.4) is 0 Å². The first-order valence-electron chi connectivity index (χ1n) is 5.12. The van der Waals surface area contributed by atoms with E-state index >= 15 is 0 Å². The van der Waals surface area contributed by atoms with E-state index in [0.29, 0.717) is 10.2 Å². The van der Waals surface area contributed by atoms with Crippen LogP contribution in [-0.2, 0) is 7.05 Å². The highest BCUT2D eigenvalue weighted by Gasteiger charge is 2.24. The summed E-state index contributed by atoms with van der Waals surface area (Å²) in [5.41, 5.74) is 0. The fourth-order valence-electron chi connectivity index (χ4n) is 1.31. The van der Waals surface area contributed by atoms with Crippen molar-refractivity contribution >= 4 is 17.6 Å². The fourth-order valence-corrected chi connectivity index (χ4v) is 2.31. The van der Waals surface area contributed by atoms with Gasteiger partial charge in [-0.1, -0.05) is 0 Å². The van der Waals surface area contributed by atoms with Crippen molar-refractivity contribution in [2.75, 3.05) is 0 Å². The van der Waals surface area contributed by atoms with E-state index in [1.54, 1.807) is 16.3 Å². The lowest BCUT2D eigenvalue weighted by atomic mass is 10.4. The molecule has 0 radical (unpaired) electrons. The molecule has 0 fully saturated rings. The Morgan fingerprint density at radius 3 is 2.83 bits per heavy atom. The van der Waals surface area contributed by atoms with E-state index in [4.69, 9.17) is 0 Å². The van der Waals surface area contributed by atoms with Gasteiger partial charge in [0.25, 0.3) is 0 Å². The zero-order chi connectivity index (χ0) is 13.3. The third-order valence-electron chi connectivity index (χ3n) is 2.18. The van der Waals surface area contributed by atoms with Gasteiger partial charge in [0.1, 0.15) is 0 Å². The van der Waals surface area contributed by atoms with Crippen LogP contribution < -0.4 is 0 Å². The van der Waals surface area contributed by atoms with Gasteiger partial charge in [0.15, 0.2) is 5.03 Å². The third-order valence-corrected chi connectivity index (χ3v) is 3.29. The van der Waals surface area contributed by atoms with Crippen LogP contribution >= 0.6 is 11.8 Å². The number of nitro groups is 1. The van der Waals surface area contributed by atoms with Gasteiger partial charge in [-0.15, -0.1) is 5.10 Å². The van der Waals surface area contributed by atoms with Crippen LogP contribution in [0.1, 0.15) is 19.9 Å². The first-order valence-corrected chi connectivity index (χ1v) is 5.93. The number of rotatable bonds is 4. The van der Waals surface area contributed by atoms with Gasteiger partial charge < -0.3 is 14.7 Å². The van der Waals surface area contributed by atoms with E-state index in [-0.39, 0.29) is 11.9 Å². The number of imidazole rings is 1. The summed E-state index contributed by atoms with van der Waals surface area (Å²) in [5, 5.41) is 23.0. The summed E-state index contributed by atoms with van der Waals surface area (Å²) in [5.74, 6) is -0.194. The quantitative estimate of drug-likeness (QED) is 0.603. The predicted octanol–water partition coefficient (Wildman–Crippen LogP) is 1.05. The lowest BCUT2D eigenvalue weighted by molar-refractivity contribution is -0.392. The molecule has 0 amide bonds.